The maximum atomic E-state index is 5.48. The molecule has 1 aromatic heterocycles. The number of rotatable bonds is 2. The lowest BCUT2D eigenvalue weighted by Gasteiger charge is -1.97. The molecule has 1 heterocycles. The van der Waals surface area contributed by atoms with E-state index in [1.807, 2.05) is 0 Å². The third-order valence-electron chi connectivity index (χ3n) is 0.911. The number of hydrogen-bond donors (Lipinski definition) is 0. The summed E-state index contributed by atoms with van der Waals surface area (Å²) in [6.45, 7) is 0.191. The highest BCUT2D eigenvalue weighted by Crippen LogP contribution is 2.07. The van der Waals surface area contributed by atoms with Crippen molar-refractivity contribution in [1.82, 2.24) is 10.2 Å². The molecule has 11 heavy (non-hydrogen) atoms. The van der Waals surface area contributed by atoms with E-state index in [9.17, 15) is 0 Å². The van der Waals surface area contributed by atoms with Gasteiger partial charge in [-0.15, -0.1) is 16.6 Å². The summed E-state index contributed by atoms with van der Waals surface area (Å²) in [5.41, 5.74) is 0. The van der Waals surface area contributed by atoms with Crippen molar-refractivity contribution in [3.63, 3.8) is 0 Å². The van der Waals surface area contributed by atoms with Crippen LogP contribution in [0.2, 0.25) is 5.15 Å². The molecule has 0 radical (unpaired) electrons. The monoisotopic (exact) mass is 168 g/mol. The van der Waals surface area contributed by atoms with E-state index in [0.717, 1.165) is 0 Å². The Morgan fingerprint density at radius 1 is 1.55 bits per heavy atom. The van der Waals surface area contributed by atoms with Crippen LogP contribution in [-0.2, 0) is 0 Å². The van der Waals surface area contributed by atoms with Crippen molar-refractivity contribution < 1.29 is 4.74 Å². The Kier molecular flexibility index (Phi) is 2.70. The van der Waals surface area contributed by atoms with Gasteiger partial charge >= 0.3 is 0 Å². The lowest BCUT2D eigenvalue weighted by atomic mass is 10.6. The van der Waals surface area contributed by atoms with E-state index in [4.69, 9.17) is 22.8 Å². The lowest BCUT2D eigenvalue weighted by molar-refractivity contribution is 0.350. The smallest absolute Gasteiger partial charge is 0.234 e. The fourth-order valence-corrected chi connectivity index (χ4v) is 0.597. The predicted octanol–water partition coefficient (Wildman–Crippen LogP) is 1.14. The molecule has 0 aliphatic carbocycles. The Balaban J connectivity index is 2.60. The zero-order chi connectivity index (χ0) is 8.10. The molecule has 0 aliphatic rings. The minimum atomic E-state index is 0.191. The molecule has 0 fully saturated rings. The van der Waals surface area contributed by atoms with Gasteiger partial charge in [0.25, 0.3) is 0 Å². The highest BCUT2D eigenvalue weighted by atomic mass is 35.5. The van der Waals surface area contributed by atoms with E-state index in [0.29, 0.717) is 11.0 Å². The quantitative estimate of drug-likeness (QED) is 0.622. The molecule has 0 saturated heterocycles. The molecule has 0 N–H and O–H groups in total. The SMILES string of the molecule is C#CCOc1ccc(Cl)nn1. The van der Waals surface area contributed by atoms with Gasteiger partial charge in [-0.05, 0) is 6.07 Å². The molecule has 1 rings (SSSR count). The zero-order valence-electron chi connectivity index (χ0n) is 5.62. The summed E-state index contributed by atoms with van der Waals surface area (Å²) >= 11 is 5.48. The van der Waals surface area contributed by atoms with Crippen LogP contribution < -0.4 is 4.74 Å². The Morgan fingerprint density at radius 3 is 2.91 bits per heavy atom. The standard InChI is InChI=1S/C7H5ClN2O/c1-2-5-11-7-4-3-6(8)9-10-7/h1,3-4H,5H2. The van der Waals surface area contributed by atoms with Crippen molar-refractivity contribution in [3.05, 3.63) is 17.3 Å². The largest absolute Gasteiger partial charge is 0.463 e. The average Bonchev–Trinajstić information content (AvgIpc) is 2.04. The zero-order valence-corrected chi connectivity index (χ0v) is 6.38. The Morgan fingerprint density at radius 2 is 2.36 bits per heavy atom. The summed E-state index contributed by atoms with van der Waals surface area (Å²) in [4.78, 5) is 0. The molecule has 3 nitrogen and oxygen atoms in total. The number of terminal acetylenes is 1. The minimum Gasteiger partial charge on any atom is -0.463 e. The molecule has 0 aliphatic heterocycles. The van der Waals surface area contributed by atoms with Crippen LogP contribution in [-0.4, -0.2) is 16.8 Å². The summed E-state index contributed by atoms with van der Waals surface area (Å²) in [5.74, 6) is 2.69. The predicted molar refractivity (Wildman–Crippen MR) is 41.4 cm³/mol. The highest BCUT2D eigenvalue weighted by Gasteiger charge is 1.93. The summed E-state index contributed by atoms with van der Waals surface area (Å²) in [7, 11) is 0. The van der Waals surface area contributed by atoms with Crippen LogP contribution in [0.3, 0.4) is 0 Å². The van der Waals surface area contributed by atoms with Crippen molar-refractivity contribution in [2.45, 2.75) is 0 Å². The van der Waals surface area contributed by atoms with Crippen LogP contribution in [0.25, 0.3) is 0 Å². The van der Waals surface area contributed by atoms with E-state index < -0.39 is 0 Å². The van der Waals surface area contributed by atoms with E-state index in [-0.39, 0.29) is 6.61 Å². The van der Waals surface area contributed by atoms with E-state index in [1.54, 1.807) is 12.1 Å². The molecule has 0 unspecified atom stereocenters. The molecular weight excluding hydrogens is 164 g/mol. The van der Waals surface area contributed by atoms with E-state index in [2.05, 4.69) is 16.1 Å². The Labute approximate surface area is 69.4 Å². The van der Waals surface area contributed by atoms with E-state index in [1.165, 1.54) is 0 Å². The van der Waals surface area contributed by atoms with Gasteiger partial charge in [-0.2, -0.15) is 0 Å². The normalized spacial score (nSPS) is 8.73. The fraction of sp³-hybridized carbons (Fsp3) is 0.143. The van der Waals surface area contributed by atoms with E-state index >= 15 is 0 Å². The van der Waals surface area contributed by atoms with Gasteiger partial charge in [0.15, 0.2) is 11.8 Å². The molecule has 0 amide bonds. The molecule has 0 bridgehead atoms. The maximum Gasteiger partial charge on any atom is 0.234 e. The Bertz CT molecular complexity index is 265. The van der Waals surface area contributed by atoms with Crippen LogP contribution >= 0.6 is 11.6 Å². The van der Waals surface area contributed by atoms with Gasteiger partial charge in [-0.3, -0.25) is 0 Å². The molecule has 0 saturated carbocycles. The topological polar surface area (TPSA) is 35.0 Å². The van der Waals surface area contributed by atoms with Gasteiger partial charge in [-0.25, -0.2) is 0 Å². The van der Waals surface area contributed by atoms with Gasteiger partial charge in [0.2, 0.25) is 5.88 Å². The molecule has 0 aromatic carbocycles. The fourth-order valence-electron chi connectivity index (χ4n) is 0.496. The summed E-state index contributed by atoms with van der Waals surface area (Å²) < 4.78 is 4.94. The van der Waals surface area contributed by atoms with Crippen LogP contribution in [0.5, 0.6) is 5.88 Å². The number of halogens is 1. The summed E-state index contributed by atoms with van der Waals surface area (Å²) in [6, 6.07) is 3.19. The number of aromatic nitrogens is 2. The number of nitrogens with zero attached hydrogens (tertiary/aromatic N) is 2. The second-order valence-electron chi connectivity index (χ2n) is 1.69. The molecule has 1 aromatic rings. The molecule has 56 valence electrons. The molecule has 0 spiro atoms. The molecule has 4 heteroatoms. The van der Waals surface area contributed by atoms with Crippen molar-refractivity contribution in [2.24, 2.45) is 0 Å². The summed E-state index contributed by atoms with van der Waals surface area (Å²) in [5, 5.41) is 7.50. The van der Waals surface area contributed by atoms with Gasteiger partial charge in [0, 0.05) is 6.07 Å². The first kappa shape index (κ1) is 7.83. The number of hydrogen-bond acceptors (Lipinski definition) is 3. The van der Waals surface area contributed by atoms with Crippen LogP contribution in [0.4, 0.5) is 0 Å². The van der Waals surface area contributed by atoms with Gasteiger partial charge < -0.3 is 4.74 Å². The number of ether oxygens (including phenoxy) is 1. The van der Waals surface area contributed by atoms with Gasteiger partial charge in [0.1, 0.15) is 0 Å². The van der Waals surface area contributed by atoms with Crippen LogP contribution in [0.1, 0.15) is 0 Å². The minimum absolute atomic E-state index is 0.191. The maximum absolute atomic E-state index is 5.48. The highest BCUT2D eigenvalue weighted by molar-refractivity contribution is 6.29. The first-order valence-electron chi connectivity index (χ1n) is 2.88. The second kappa shape index (κ2) is 3.79. The molecular formula is C7H5ClN2O. The van der Waals surface area contributed by atoms with Crippen LogP contribution in [0.15, 0.2) is 12.1 Å². The first-order valence-corrected chi connectivity index (χ1v) is 3.26. The average molecular weight is 169 g/mol. The van der Waals surface area contributed by atoms with Crippen molar-refractivity contribution in [2.75, 3.05) is 6.61 Å². The summed E-state index contributed by atoms with van der Waals surface area (Å²) in [6.07, 6.45) is 4.96. The van der Waals surface area contributed by atoms with Crippen LogP contribution in [0, 0.1) is 12.3 Å². The van der Waals surface area contributed by atoms with Crippen molar-refractivity contribution in [3.8, 4) is 18.2 Å². The third kappa shape index (κ3) is 2.44. The first-order chi connectivity index (χ1) is 5.33. The van der Waals surface area contributed by atoms with Gasteiger partial charge in [0.05, 0.1) is 0 Å². The molecule has 0 atom stereocenters. The Hall–Kier alpha value is -1.27. The van der Waals surface area contributed by atoms with Crippen molar-refractivity contribution >= 4 is 11.6 Å². The third-order valence-corrected chi connectivity index (χ3v) is 1.11. The lowest BCUT2D eigenvalue weighted by Crippen LogP contribution is -1.96. The van der Waals surface area contributed by atoms with Crippen molar-refractivity contribution in [1.29, 1.82) is 0 Å². The second-order valence-corrected chi connectivity index (χ2v) is 2.07. The van der Waals surface area contributed by atoms with Gasteiger partial charge in [-0.1, -0.05) is 17.5 Å².